The SMILES string of the molecule is C=CC(=O)OCCC(=O)OCCC(=O)OCCSCC. The third-order valence-electron chi connectivity index (χ3n) is 1.98. The minimum Gasteiger partial charge on any atom is -0.465 e. The molecule has 0 aromatic carbocycles. The van der Waals surface area contributed by atoms with Gasteiger partial charge in [-0.05, 0) is 5.75 Å². The molecule has 0 N–H and O–H groups in total. The van der Waals surface area contributed by atoms with E-state index in [1.807, 2.05) is 6.92 Å². The predicted octanol–water partition coefficient (Wildman–Crippen LogP) is 1.34. The van der Waals surface area contributed by atoms with Crippen molar-refractivity contribution in [3.8, 4) is 0 Å². The van der Waals surface area contributed by atoms with Crippen LogP contribution in [0.1, 0.15) is 19.8 Å². The fourth-order valence-electron chi connectivity index (χ4n) is 1.05. The minimum absolute atomic E-state index is 0.0228. The van der Waals surface area contributed by atoms with Crippen molar-refractivity contribution in [2.45, 2.75) is 19.8 Å². The van der Waals surface area contributed by atoms with Crippen LogP contribution in [0.25, 0.3) is 0 Å². The Morgan fingerprint density at radius 1 is 1.00 bits per heavy atom. The van der Waals surface area contributed by atoms with Crippen molar-refractivity contribution in [1.29, 1.82) is 0 Å². The maximum Gasteiger partial charge on any atom is 0.330 e. The standard InChI is InChI=1S/C13H20O6S/c1-3-11(14)17-7-5-12(15)18-8-6-13(16)19-9-10-20-4-2/h3H,1,4-10H2,2H3. The lowest BCUT2D eigenvalue weighted by Crippen LogP contribution is -2.15. The number of hydrogen-bond donors (Lipinski definition) is 0. The van der Waals surface area contributed by atoms with Crippen LogP contribution in [0.5, 0.6) is 0 Å². The minimum atomic E-state index is -0.591. The van der Waals surface area contributed by atoms with E-state index in [1.165, 1.54) is 0 Å². The maximum absolute atomic E-state index is 11.2. The fourth-order valence-corrected chi connectivity index (χ4v) is 1.54. The molecule has 0 amide bonds. The molecule has 6 nitrogen and oxygen atoms in total. The summed E-state index contributed by atoms with van der Waals surface area (Å²) in [5.41, 5.74) is 0. The molecule has 0 aromatic rings. The first kappa shape index (κ1) is 18.5. The van der Waals surface area contributed by atoms with Gasteiger partial charge in [-0.1, -0.05) is 13.5 Å². The van der Waals surface area contributed by atoms with Gasteiger partial charge in [-0.2, -0.15) is 11.8 Å². The Morgan fingerprint density at radius 3 is 2.10 bits per heavy atom. The van der Waals surface area contributed by atoms with Gasteiger partial charge in [-0.25, -0.2) is 4.79 Å². The number of carbonyl (C=O) groups is 3. The molecule has 0 aliphatic rings. The highest BCUT2D eigenvalue weighted by Crippen LogP contribution is 1.98. The van der Waals surface area contributed by atoms with Gasteiger partial charge < -0.3 is 14.2 Å². The number of hydrogen-bond acceptors (Lipinski definition) is 7. The van der Waals surface area contributed by atoms with E-state index in [-0.39, 0.29) is 26.1 Å². The first-order valence-electron chi connectivity index (χ1n) is 6.28. The van der Waals surface area contributed by atoms with E-state index in [0.717, 1.165) is 17.6 Å². The lowest BCUT2D eigenvalue weighted by atomic mass is 10.4. The van der Waals surface area contributed by atoms with Crippen molar-refractivity contribution in [3.63, 3.8) is 0 Å². The Kier molecular flexibility index (Phi) is 11.6. The van der Waals surface area contributed by atoms with Gasteiger partial charge in [0.1, 0.15) is 19.8 Å². The lowest BCUT2D eigenvalue weighted by Gasteiger charge is -2.06. The molecule has 0 rings (SSSR count). The molecular formula is C13H20O6S. The van der Waals surface area contributed by atoms with E-state index in [0.29, 0.717) is 6.61 Å². The van der Waals surface area contributed by atoms with Gasteiger partial charge in [0.05, 0.1) is 12.8 Å². The second-order valence-electron chi connectivity index (χ2n) is 3.51. The van der Waals surface area contributed by atoms with Gasteiger partial charge >= 0.3 is 17.9 Å². The maximum atomic E-state index is 11.2. The summed E-state index contributed by atoms with van der Waals surface area (Å²) < 4.78 is 14.3. The Morgan fingerprint density at radius 2 is 1.55 bits per heavy atom. The average molecular weight is 304 g/mol. The molecule has 0 saturated heterocycles. The Bertz CT molecular complexity index is 329. The molecule has 0 saturated carbocycles. The molecule has 0 atom stereocenters. The molecule has 0 radical (unpaired) electrons. The van der Waals surface area contributed by atoms with E-state index >= 15 is 0 Å². The summed E-state index contributed by atoms with van der Waals surface area (Å²) in [6.45, 7) is 5.51. The molecule has 0 aliphatic heterocycles. The zero-order chi connectivity index (χ0) is 15.2. The van der Waals surface area contributed by atoms with Crippen LogP contribution in [0.2, 0.25) is 0 Å². The van der Waals surface area contributed by atoms with Crippen molar-refractivity contribution >= 4 is 29.7 Å². The van der Waals surface area contributed by atoms with Crippen molar-refractivity contribution in [3.05, 3.63) is 12.7 Å². The van der Waals surface area contributed by atoms with Gasteiger partial charge in [0.15, 0.2) is 0 Å². The summed E-state index contributed by atoms with van der Waals surface area (Å²) in [7, 11) is 0. The van der Waals surface area contributed by atoms with Crippen molar-refractivity contribution in [2.75, 3.05) is 31.3 Å². The summed E-state index contributed by atoms with van der Waals surface area (Å²) in [5, 5.41) is 0. The van der Waals surface area contributed by atoms with Crippen molar-refractivity contribution in [1.82, 2.24) is 0 Å². The van der Waals surface area contributed by atoms with E-state index < -0.39 is 17.9 Å². The average Bonchev–Trinajstić information content (AvgIpc) is 2.43. The Labute approximate surface area is 122 Å². The third kappa shape index (κ3) is 11.6. The van der Waals surface area contributed by atoms with Gasteiger partial charge in [-0.15, -0.1) is 0 Å². The van der Waals surface area contributed by atoms with Crippen molar-refractivity contribution < 1.29 is 28.6 Å². The van der Waals surface area contributed by atoms with Gasteiger partial charge in [-0.3, -0.25) is 9.59 Å². The smallest absolute Gasteiger partial charge is 0.330 e. The summed E-state index contributed by atoms with van der Waals surface area (Å²) in [4.78, 5) is 33.1. The van der Waals surface area contributed by atoms with E-state index in [2.05, 4.69) is 11.3 Å². The quantitative estimate of drug-likeness (QED) is 0.246. The van der Waals surface area contributed by atoms with E-state index in [9.17, 15) is 14.4 Å². The topological polar surface area (TPSA) is 78.9 Å². The monoisotopic (exact) mass is 304 g/mol. The van der Waals surface area contributed by atoms with Crippen molar-refractivity contribution in [2.24, 2.45) is 0 Å². The highest BCUT2D eigenvalue weighted by Gasteiger charge is 2.07. The highest BCUT2D eigenvalue weighted by atomic mass is 32.2. The Hall–Kier alpha value is -1.50. The number of carbonyl (C=O) groups excluding carboxylic acids is 3. The van der Waals surface area contributed by atoms with E-state index in [1.54, 1.807) is 11.8 Å². The lowest BCUT2D eigenvalue weighted by molar-refractivity contribution is -0.150. The zero-order valence-electron chi connectivity index (χ0n) is 11.6. The first-order valence-corrected chi connectivity index (χ1v) is 7.43. The van der Waals surface area contributed by atoms with E-state index in [4.69, 9.17) is 9.47 Å². The van der Waals surface area contributed by atoms with Crippen LogP contribution in [0, 0.1) is 0 Å². The molecule has 20 heavy (non-hydrogen) atoms. The normalized spacial score (nSPS) is 9.65. The van der Waals surface area contributed by atoms with Crippen LogP contribution in [-0.2, 0) is 28.6 Å². The molecule has 0 unspecified atom stereocenters. The molecule has 0 heterocycles. The van der Waals surface area contributed by atoms with Crippen LogP contribution < -0.4 is 0 Å². The molecule has 0 aliphatic carbocycles. The largest absolute Gasteiger partial charge is 0.465 e. The number of ether oxygens (including phenoxy) is 3. The molecule has 0 spiro atoms. The second kappa shape index (κ2) is 12.5. The van der Waals surface area contributed by atoms with Crippen LogP contribution in [0.4, 0.5) is 0 Å². The number of esters is 3. The summed E-state index contributed by atoms with van der Waals surface area (Å²) in [6, 6.07) is 0. The highest BCUT2D eigenvalue weighted by molar-refractivity contribution is 7.99. The summed E-state index contributed by atoms with van der Waals surface area (Å²) >= 11 is 1.68. The summed E-state index contributed by atoms with van der Waals surface area (Å²) in [6.07, 6.45) is 0.981. The molecule has 7 heteroatoms. The van der Waals surface area contributed by atoms with Crippen LogP contribution in [-0.4, -0.2) is 49.2 Å². The first-order chi connectivity index (χ1) is 9.60. The zero-order valence-corrected chi connectivity index (χ0v) is 12.4. The van der Waals surface area contributed by atoms with Crippen LogP contribution in [0.3, 0.4) is 0 Å². The predicted molar refractivity (Wildman–Crippen MR) is 75.3 cm³/mol. The van der Waals surface area contributed by atoms with Gasteiger partial charge in [0.2, 0.25) is 0 Å². The second-order valence-corrected chi connectivity index (χ2v) is 4.90. The van der Waals surface area contributed by atoms with Gasteiger partial charge in [0, 0.05) is 11.8 Å². The molecule has 0 fully saturated rings. The molecular weight excluding hydrogens is 284 g/mol. The molecule has 0 aromatic heterocycles. The fraction of sp³-hybridized carbons (Fsp3) is 0.615. The van der Waals surface area contributed by atoms with Crippen LogP contribution >= 0.6 is 11.8 Å². The number of thioether (sulfide) groups is 1. The summed E-state index contributed by atoms with van der Waals surface area (Å²) in [5.74, 6) is 0.220. The number of rotatable bonds is 11. The Balaban J connectivity index is 3.48. The van der Waals surface area contributed by atoms with Crippen LogP contribution in [0.15, 0.2) is 12.7 Å². The van der Waals surface area contributed by atoms with Gasteiger partial charge in [0.25, 0.3) is 0 Å². The molecule has 114 valence electrons. The third-order valence-corrected chi connectivity index (χ3v) is 2.84. The molecule has 0 bridgehead atoms.